The largest absolute Gasteiger partial charge is 0.489 e. The first kappa shape index (κ1) is 18.4. The number of hydrogen-bond donors (Lipinski definition) is 1. The Hall–Kier alpha value is -2.36. The van der Waals surface area contributed by atoms with Gasteiger partial charge in [0.15, 0.2) is 0 Å². The molecule has 0 aliphatic carbocycles. The summed E-state index contributed by atoms with van der Waals surface area (Å²) in [4.78, 5) is 0. The van der Waals surface area contributed by atoms with Gasteiger partial charge in [-0.05, 0) is 42.3 Å². The molecule has 1 unspecified atom stereocenters. The number of benzene rings is 3. The molecule has 0 spiro atoms. The molecule has 0 radical (unpaired) electrons. The predicted molar refractivity (Wildman–Crippen MR) is 104 cm³/mol. The molecule has 4 heteroatoms. The molecule has 0 aliphatic heterocycles. The van der Waals surface area contributed by atoms with Crippen LogP contribution >= 0.6 is 11.6 Å². The third kappa shape index (κ3) is 5.07. The summed E-state index contributed by atoms with van der Waals surface area (Å²) in [5, 5.41) is 3.89. The first-order valence-corrected chi connectivity index (χ1v) is 8.93. The van der Waals surface area contributed by atoms with Gasteiger partial charge in [-0.3, -0.25) is 0 Å². The molecule has 3 rings (SSSR count). The number of ether oxygens (including phenoxy) is 1. The van der Waals surface area contributed by atoms with Crippen LogP contribution < -0.4 is 10.1 Å². The number of halogens is 2. The lowest BCUT2D eigenvalue weighted by molar-refractivity contribution is 0.305. The Labute approximate surface area is 158 Å². The summed E-state index contributed by atoms with van der Waals surface area (Å²) >= 11 is 6.04. The van der Waals surface area contributed by atoms with E-state index in [0.717, 1.165) is 23.4 Å². The molecular weight excluding hydrogens is 349 g/mol. The van der Waals surface area contributed by atoms with Crippen molar-refractivity contribution in [2.24, 2.45) is 0 Å². The molecule has 26 heavy (non-hydrogen) atoms. The van der Waals surface area contributed by atoms with Crippen LogP contribution in [0.3, 0.4) is 0 Å². The molecule has 0 fully saturated rings. The Balaban J connectivity index is 1.57. The van der Waals surface area contributed by atoms with Gasteiger partial charge in [-0.15, -0.1) is 0 Å². The van der Waals surface area contributed by atoms with Crippen LogP contribution in [-0.4, -0.2) is 0 Å². The first-order valence-electron chi connectivity index (χ1n) is 8.56. The van der Waals surface area contributed by atoms with E-state index in [1.165, 1.54) is 17.7 Å². The van der Waals surface area contributed by atoms with Crippen LogP contribution in [0.15, 0.2) is 72.8 Å². The summed E-state index contributed by atoms with van der Waals surface area (Å²) < 4.78 is 18.9. The number of rotatable bonds is 7. The van der Waals surface area contributed by atoms with Gasteiger partial charge in [0.1, 0.15) is 18.2 Å². The summed E-state index contributed by atoms with van der Waals surface area (Å²) in [6, 6.07) is 22.9. The Kier molecular flexibility index (Phi) is 6.26. The van der Waals surface area contributed by atoms with E-state index in [1.54, 1.807) is 6.07 Å². The summed E-state index contributed by atoms with van der Waals surface area (Å²) in [6.45, 7) is 3.19. The first-order chi connectivity index (χ1) is 12.6. The van der Waals surface area contributed by atoms with Crippen molar-refractivity contribution in [2.75, 3.05) is 0 Å². The highest BCUT2D eigenvalue weighted by molar-refractivity contribution is 6.31. The summed E-state index contributed by atoms with van der Waals surface area (Å²) in [7, 11) is 0. The highest BCUT2D eigenvalue weighted by atomic mass is 35.5. The zero-order chi connectivity index (χ0) is 18.4. The van der Waals surface area contributed by atoms with Gasteiger partial charge in [0.05, 0.1) is 5.02 Å². The minimum Gasteiger partial charge on any atom is -0.489 e. The molecule has 0 heterocycles. The van der Waals surface area contributed by atoms with Crippen LogP contribution in [0, 0.1) is 5.82 Å². The molecule has 0 amide bonds. The van der Waals surface area contributed by atoms with Gasteiger partial charge in [-0.2, -0.15) is 0 Å². The fourth-order valence-corrected chi connectivity index (χ4v) is 2.90. The zero-order valence-corrected chi connectivity index (χ0v) is 15.3. The zero-order valence-electron chi connectivity index (χ0n) is 14.6. The second kappa shape index (κ2) is 8.84. The minimum atomic E-state index is -0.348. The number of hydrogen-bond acceptors (Lipinski definition) is 2. The minimum absolute atomic E-state index is 0.263. The molecule has 134 valence electrons. The Bertz CT molecular complexity index is 854. The lowest BCUT2D eigenvalue weighted by Crippen LogP contribution is -2.17. The van der Waals surface area contributed by atoms with Crippen molar-refractivity contribution in [1.29, 1.82) is 0 Å². The molecule has 0 saturated heterocycles. The third-order valence-corrected chi connectivity index (χ3v) is 4.57. The van der Waals surface area contributed by atoms with Crippen molar-refractivity contribution in [3.8, 4) is 5.75 Å². The summed E-state index contributed by atoms with van der Waals surface area (Å²) in [5.74, 6) is 0.413. The molecule has 1 N–H and O–H groups in total. The summed E-state index contributed by atoms with van der Waals surface area (Å²) in [6.07, 6.45) is 0. The maximum atomic E-state index is 13.1. The second-order valence-corrected chi connectivity index (χ2v) is 6.59. The van der Waals surface area contributed by atoms with E-state index in [1.807, 2.05) is 36.4 Å². The normalized spacial score (nSPS) is 12.0. The highest BCUT2D eigenvalue weighted by Crippen LogP contribution is 2.21. The Morgan fingerprint density at radius 3 is 2.58 bits per heavy atom. The monoisotopic (exact) mass is 369 g/mol. The van der Waals surface area contributed by atoms with E-state index in [4.69, 9.17) is 16.3 Å². The van der Waals surface area contributed by atoms with Crippen LogP contribution in [0.25, 0.3) is 0 Å². The molecule has 0 aromatic heterocycles. The fraction of sp³-hybridized carbons (Fsp3) is 0.182. The molecule has 0 bridgehead atoms. The average Bonchev–Trinajstić information content (AvgIpc) is 2.66. The summed E-state index contributed by atoms with van der Waals surface area (Å²) in [5.41, 5.74) is 3.15. The van der Waals surface area contributed by atoms with Crippen molar-refractivity contribution in [3.63, 3.8) is 0 Å². The van der Waals surface area contributed by atoms with Gasteiger partial charge in [0.25, 0.3) is 0 Å². The molecule has 2 nitrogen and oxygen atoms in total. The van der Waals surface area contributed by atoms with Gasteiger partial charge in [-0.25, -0.2) is 4.39 Å². The lowest BCUT2D eigenvalue weighted by atomic mass is 10.1. The van der Waals surface area contributed by atoms with Crippen molar-refractivity contribution < 1.29 is 9.13 Å². The van der Waals surface area contributed by atoms with Gasteiger partial charge >= 0.3 is 0 Å². The number of nitrogens with one attached hydrogen (secondary N) is 1. The van der Waals surface area contributed by atoms with Gasteiger partial charge in [0.2, 0.25) is 0 Å². The highest BCUT2D eigenvalue weighted by Gasteiger charge is 2.06. The SMILES string of the molecule is CC(NCc1cccc(OCc2ccc(F)cc2Cl)c1)c1ccccc1. The van der Waals surface area contributed by atoms with E-state index < -0.39 is 0 Å². The van der Waals surface area contributed by atoms with Crippen molar-refractivity contribution in [1.82, 2.24) is 5.32 Å². The smallest absolute Gasteiger partial charge is 0.124 e. The average molecular weight is 370 g/mol. The molecule has 0 aliphatic rings. The van der Waals surface area contributed by atoms with Crippen molar-refractivity contribution in [2.45, 2.75) is 26.1 Å². The second-order valence-electron chi connectivity index (χ2n) is 6.19. The van der Waals surface area contributed by atoms with Crippen LogP contribution in [0.4, 0.5) is 4.39 Å². The van der Waals surface area contributed by atoms with Gasteiger partial charge in [-0.1, -0.05) is 60.1 Å². The van der Waals surface area contributed by atoms with E-state index in [-0.39, 0.29) is 11.9 Å². The molecular formula is C22H21ClFNO. The van der Waals surface area contributed by atoms with Crippen LogP contribution in [0.5, 0.6) is 5.75 Å². The van der Waals surface area contributed by atoms with E-state index in [9.17, 15) is 4.39 Å². The maximum Gasteiger partial charge on any atom is 0.124 e. The maximum absolute atomic E-state index is 13.1. The van der Waals surface area contributed by atoms with E-state index in [0.29, 0.717) is 11.6 Å². The predicted octanol–water partition coefficient (Wildman–Crippen LogP) is 5.91. The van der Waals surface area contributed by atoms with E-state index >= 15 is 0 Å². The lowest BCUT2D eigenvalue weighted by Gasteiger charge is -2.15. The van der Waals surface area contributed by atoms with Crippen LogP contribution in [0.2, 0.25) is 5.02 Å². The van der Waals surface area contributed by atoms with Crippen molar-refractivity contribution >= 4 is 11.6 Å². The van der Waals surface area contributed by atoms with Crippen molar-refractivity contribution in [3.05, 3.63) is 100 Å². The Morgan fingerprint density at radius 1 is 1.00 bits per heavy atom. The molecule has 3 aromatic carbocycles. The van der Waals surface area contributed by atoms with Crippen LogP contribution in [0.1, 0.15) is 29.7 Å². The van der Waals surface area contributed by atoms with E-state index in [2.05, 4.69) is 30.4 Å². The van der Waals surface area contributed by atoms with Crippen LogP contribution in [-0.2, 0) is 13.2 Å². The molecule has 3 aromatic rings. The van der Waals surface area contributed by atoms with Gasteiger partial charge < -0.3 is 10.1 Å². The topological polar surface area (TPSA) is 21.3 Å². The molecule has 0 saturated carbocycles. The third-order valence-electron chi connectivity index (χ3n) is 4.22. The standard InChI is InChI=1S/C22H21ClFNO/c1-16(18-7-3-2-4-8-18)25-14-17-6-5-9-21(12-17)26-15-19-10-11-20(24)13-22(19)23/h2-13,16,25H,14-15H2,1H3. The van der Waals surface area contributed by atoms with Gasteiger partial charge in [0, 0.05) is 18.2 Å². The fourth-order valence-electron chi connectivity index (χ4n) is 2.68. The molecule has 1 atom stereocenters. The Morgan fingerprint density at radius 2 is 1.81 bits per heavy atom. The quantitative estimate of drug-likeness (QED) is 0.559.